The van der Waals surface area contributed by atoms with Crippen molar-refractivity contribution in [2.75, 3.05) is 6.54 Å². The number of carbonyl (C=O) groups is 3. The summed E-state index contributed by atoms with van der Waals surface area (Å²) >= 11 is 0. The zero-order chi connectivity index (χ0) is 25.2. The lowest BCUT2D eigenvalue weighted by atomic mass is 10.0. The molecule has 186 valence electrons. The molecule has 8 N–H and O–H groups in total. The largest absolute Gasteiger partial charge is 0.480 e. The Bertz CT molecular complexity index is 1130. The molecule has 0 aliphatic carbocycles. The Morgan fingerprint density at radius 2 is 1.57 bits per heavy atom. The molecule has 1 aromatic heterocycles. The number of para-hydroxylation sites is 1. The quantitative estimate of drug-likeness (QED) is 0.203. The minimum Gasteiger partial charge on any atom is -0.480 e. The lowest BCUT2D eigenvalue weighted by molar-refractivity contribution is -0.142. The van der Waals surface area contributed by atoms with E-state index >= 15 is 0 Å². The number of nitrogens with two attached hydrogens (primary N) is 2. The number of benzene rings is 2. The number of carboxylic acid groups (broad SMARTS) is 1. The molecule has 0 spiro atoms. The zero-order valence-electron chi connectivity index (χ0n) is 19.6. The van der Waals surface area contributed by atoms with E-state index in [0.29, 0.717) is 32.2 Å². The number of amides is 2. The van der Waals surface area contributed by atoms with E-state index in [-0.39, 0.29) is 6.42 Å². The SMILES string of the molecule is NCCCC[C@H](NC(=O)[C@H](N)Cc1ccccc1)C(=O)N[C@@H](Cc1c[nH]c2ccccc12)C(=O)O. The number of unbranched alkanes of at least 4 members (excludes halogenated alkanes) is 1. The van der Waals surface area contributed by atoms with Crippen molar-refractivity contribution < 1.29 is 19.5 Å². The molecular formula is C26H33N5O4. The van der Waals surface area contributed by atoms with Crippen LogP contribution in [-0.2, 0) is 27.2 Å². The predicted octanol–water partition coefficient (Wildman–Crippen LogP) is 1.46. The number of carbonyl (C=O) groups excluding carboxylic acids is 2. The molecule has 0 aliphatic heterocycles. The Kier molecular flexibility index (Phi) is 9.39. The first-order chi connectivity index (χ1) is 16.9. The number of H-pyrrole nitrogens is 1. The van der Waals surface area contributed by atoms with Crippen molar-refractivity contribution in [1.82, 2.24) is 15.6 Å². The molecule has 3 atom stereocenters. The van der Waals surface area contributed by atoms with Crippen LogP contribution in [0.25, 0.3) is 10.9 Å². The fraction of sp³-hybridized carbons (Fsp3) is 0.346. The third-order valence-corrected chi connectivity index (χ3v) is 5.93. The number of hydrogen-bond acceptors (Lipinski definition) is 5. The Balaban J connectivity index is 1.68. The summed E-state index contributed by atoms with van der Waals surface area (Å²) in [5.74, 6) is -2.18. The van der Waals surface area contributed by atoms with Gasteiger partial charge >= 0.3 is 5.97 Å². The zero-order valence-corrected chi connectivity index (χ0v) is 19.6. The van der Waals surface area contributed by atoms with Gasteiger partial charge in [0.15, 0.2) is 0 Å². The molecule has 2 aromatic carbocycles. The van der Waals surface area contributed by atoms with Gasteiger partial charge < -0.3 is 32.2 Å². The summed E-state index contributed by atoms with van der Waals surface area (Å²) in [6, 6.07) is 14.0. The molecule has 9 nitrogen and oxygen atoms in total. The van der Waals surface area contributed by atoms with Crippen molar-refractivity contribution in [3.05, 3.63) is 71.9 Å². The van der Waals surface area contributed by atoms with E-state index in [1.807, 2.05) is 54.6 Å². The Labute approximate surface area is 204 Å². The molecule has 35 heavy (non-hydrogen) atoms. The molecule has 2 amide bonds. The van der Waals surface area contributed by atoms with Crippen LogP contribution in [0.2, 0.25) is 0 Å². The third kappa shape index (κ3) is 7.40. The standard InChI is InChI=1S/C26H33N5O4/c27-13-7-6-12-22(30-24(32)20(28)14-17-8-2-1-3-9-17)25(33)31-23(26(34)35)15-18-16-29-21-11-5-4-10-19(18)21/h1-5,8-11,16,20,22-23,29H,6-7,12-15,27-28H2,(H,30,32)(H,31,33)(H,34,35)/t20-,22+,23+/m1/s1. The summed E-state index contributed by atoms with van der Waals surface area (Å²) in [6.45, 7) is 0.453. The van der Waals surface area contributed by atoms with Crippen LogP contribution in [0.1, 0.15) is 30.4 Å². The van der Waals surface area contributed by atoms with Gasteiger partial charge in [0.25, 0.3) is 0 Å². The molecule has 1 heterocycles. The number of aromatic nitrogens is 1. The van der Waals surface area contributed by atoms with Crippen LogP contribution in [0, 0.1) is 0 Å². The number of rotatable bonds is 13. The van der Waals surface area contributed by atoms with Gasteiger partial charge in [-0.15, -0.1) is 0 Å². The summed E-state index contributed by atoms with van der Waals surface area (Å²) in [5.41, 5.74) is 14.2. The Morgan fingerprint density at radius 1 is 0.886 bits per heavy atom. The van der Waals surface area contributed by atoms with Gasteiger partial charge in [-0.1, -0.05) is 48.5 Å². The highest BCUT2D eigenvalue weighted by atomic mass is 16.4. The van der Waals surface area contributed by atoms with Gasteiger partial charge in [-0.25, -0.2) is 4.79 Å². The maximum Gasteiger partial charge on any atom is 0.326 e. The van der Waals surface area contributed by atoms with Gasteiger partial charge in [-0.05, 0) is 49.4 Å². The second kappa shape index (κ2) is 12.7. The topological polar surface area (TPSA) is 163 Å². The van der Waals surface area contributed by atoms with E-state index in [0.717, 1.165) is 22.0 Å². The minimum absolute atomic E-state index is 0.0993. The number of aromatic amines is 1. The van der Waals surface area contributed by atoms with Crippen molar-refractivity contribution in [3.8, 4) is 0 Å². The molecule has 3 aromatic rings. The van der Waals surface area contributed by atoms with Gasteiger partial charge in [-0.2, -0.15) is 0 Å². The predicted molar refractivity (Wildman–Crippen MR) is 135 cm³/mol. The molecule has 0 saturated heterocycles. The first kappa shape index (κ1) is 25.9. The molecular weight excluding hydrogens is 446 g/mol. The number of nitrogens with one attached hydrogen (secondary N) is 3. The van der Waals surface area contributed by atoms with Crippen LogP contribution in [0.4, 0.5) is 0 Å². The van der Waals surface area contributed by atoms with Gasteiger partial charge in [0.1, 0.15) is 12.1 Å². The summed E-state index contributed by atoms with van der Waals surface area (Å²) in [4.78, 5) is 40.9. The van der Waals surface area contributed by atoms with Crippen LogP contribution in [0.3, 0.4) is 0 Å². The van der Waals surface area contributed by atoms with Crippen molar-refractivity contribution in [2.24, 2.45) is 11.5 Å². The minimum atomic E-state index is -1.16. The highest BCUT2D eigenvalue weighted by molar-refractivity contribution is 5.92. The lowest BCUT2D eigenvalue weighted by Gasteiger charge is -2.23. The summed E-state index contributed by atoms with van der Waals surface area (Å²) in [5, 5.41) is 16.0. The molecule has 0 unspecified atom stereocenters. The van der Waals surface area contributed by atoms with Gasteiger partial charge in [0.05, 0.1) is 6.04 Å². The second-order valence-electron chi connectivity index (χ2n) is 8.60. The van der Waals surface area contributed by atoms with Crippen LogP contribution < -0.4 is 22.1 Å². The number of aliphatic carboxylic acids is 1. The van der Waals surface area contributed by atoms with E-state index in [1.165, 1.54) is 0 Å². The monoisotopic (exact) mass is 479 g/mol. The Morgan fingerprint density at radius 3 is 2.29 bits per heavy atom. The van der Waals surface area contributed by atoms with E-state index in [2.05, 4.69) is 15.6 Å². The van der Waals surface area contributed by atoms with Crippen LogP contribution in [-0.4, -0.2) is 52.5 Å². The highest BCUT2D eigenvalue weighted by Crippen LogP contribution is 2.19. The lowest BCUT2D eigenvalue weighted by Crippen LogP contribution is -2.55. The third-order valence-electron chi connectivity index (χ3n) is 5.93. The van der Waals surface area contributed by atoms with Gasteiger partial charge in [0, 0.05) is 23.5 Å². The maximum absolute atomic E-state index is 13.1. The summed E-state index contributed by atoms with van der Waals surface area (Å²) < 4.78 is 0. The first-order valence-electron chi connectivity index (χ1n) is 11.8. The van der Waals surface area contributed by atoms with Crippen LogP contribution >= 0.6 is 0 Å². The van der Waals surface area contributed by atoms with Gasteiger partial charge in [0.2, 0.25) is 11.8 Å². The fourth-order valence-electron chi connectivity index (χ4n) is 3.99. The average molecular weight is 480 g/mol. The molecule has 0 saturated carbocycles. The molecule has 9 heteroatoms. The normalized spacial score (nSPS) is 13.7. The smallest absolute Gasteiger partial charge is 0.326 e. The van der Waals surface area contributed by atoms with E-state index in [1.54, 1.807) is 6.20 Å². The first-order valence-corrected chi connectivity index (χ1v) is 11.8. The van der Waals surface area contributed by atoms with Crippen molar-refractivity contribution in [2.45, 2.75) is 50.2 Å². The molecule has 0 bridgehead atoms. The molecule has 0 aliphatic rings. The van der Waals surface area contributed by atoms with Crippen LogP contribution in [0.15, 0.2) is 60.8 Å². The van der Waals surface area contributed by atoms with Gasteiger partial charge in [-0.3, -0.25) is 9.59 Å². The maximum atomic E-state index is 13.1. The van der Waals surface area contributed by atoms with Crippen molar-refractivity contribution in [1.29, 1.82) is 0 Å². The number of carboxylic acids is 1. The average Bonchev–Trinajstić information content (AvgIpc) is 3.26. The molecule has 0 radical (unpaired) electrons. The van der Waals surface area contributed by atoms with Crippen molar-refractivity contribution in [3.63, 3.8) is 0 Å². The van der Waals surface area contributed by atoms with Crippen molar-refractivity contribution >= 4 is 28.7 Å². The molecule has 3 rings (SSSR count). The highest BCUT2D eigenvalue weighted by Gasteiger charge is 2.28. The summed E-state index contributed by atoms with van der Waals surface area (Å²) in [7, 11) is 0. The van der Waals surface area contributed by atoms with E-state index in [4.69, 9.17) is 11.5 Å². The second-order valence-corrected chi connectivity index (χ2v) is 8.60. The fourth-order valence-corrected chi connectivity index (χ4v) is 3.99. The Hall–Kier alpha value is -3.69. The van der Waals surface area contributed by atoms with E-state index in [9.17, 15) is 19.5 Å². The summed E-state index contributed by atoms with van der Waals surface area (Å²) in [6.07, 6.45) is 3.77. The number of hydrogen-bond donors (Lipinski definition) is 6. The van der Waals surface area contributed by atoms with Crippen LogP contribution in [0.5, 0.6) is 0 Å². The molecule has 0 fully saturated rings. The number of fused-ring (bicyclic) bond motifs is 1. The van der Waals surface area contributed by atoms with E-state index < -0.39 is 35.9 Å².